The second-order valence-corrected chi connectivity index (χ2v) is 18.2. The van der Waals surface area contributed by atoms with E-state index in [1.54, 1.807) is 12.4 Å². The van der Waals surface area contributed by atoms with Gasteiger partial charge >= 0.3 is 0 Å². The van der Waals surface area contributed by atoms with Gasteiger partial charge in [-0.05, 0) is 63.0 Å². The molecule has 0 saturated heterocycles. The Hall–Kier alpha value is -3.06. The van der Waals surface area contributed by atoms with Crippen LogP contribution in [0.15, 0.2) is 46.4 Å². The highest BCUT2D eigenvalue weighted by atomic mass is 16.5. The summed E-state index contributed by atoms with van der Waals surface area (Å²) in [5.74, 6) is 1.44. The zero-order chi connectivity index (χ0) is 44.9. The minimum atomic E-state index is 0.176. The molecule has 2 aromatic carbocycles. The molecule has 0 unspecified atom stereocenters. The Balaban J connectivity index is 1.42. The predicted molar refractivity (Wildman–Crippen MR) is 273 cm³/mol. The van der Waals surface area contributed by atoms with E-state index < -0.39 is 0 Å². The molecule has 0 radical (unpaired) electrons. The van der Waals surface area contributed by atoms with E-state index in [1.165, 1.54) is 193 Å². The van der Waals surface area contributed by atoms with Gasteiger partial charge < -0.3 is 25.0 Å². The van der Waals surface area contributed by atoms with E-state index in [-0.39, 0.29) is 11.5 Å². The van der Waals surface area contributed by atoms with E-state index in [0.717, 1.165) is 38.8 Å². The van der Waals surface area contributed by atoms with Gasteiger partial charge in [0.2, 0.25) is 0 Å². The second-order valence-electron chi connectivity index (χ2n) is 18.2. The summed E-state index contributed by atoms with van der Waals surface area (Å²) in [5, 5.41) is 24.9. The molecule has 0 amide bonds. The highest BCUT2D eigenvalue weighted by molar-refractivity contribution is 5.85. The number of hydrogen-bond acceptors (Lipinski definition) is 7. The zero-order valence-corrected chi connectivity index (χ0v) is 41.0. The molecule has 63 heavy (non-hydrogen) atoms. The van der Waals surface area contributed by atoms with Crippen LogP contribution >= 0.6 is 0 Å². The van der Waals surface area contributed by atoms with Crippen LogP contribution in [0.5, 0.6) is 23.0 Å². The summed E-state index contributed by atoms with van der Waals surface area (Å²) in [6.45, 7) is 8.95. The van der Waals surface area contributed by atoms with Crippen LogP contribution < -0.4 is 14.8 Å². The first kappa shape index (κ1) is 56.1. The van der Waals surface area contributed by atoms with Crippen LogP contribution in [0, 0.1) is 0 Å². The number of rotatable bonds is 46. The lowest BCUT2D eigenvalue weighted by molar-refractivity contribution is 0.288. The molecule has 0 bridgehead atoms. The van der Waals surface area contributed by atoms with E-state index in [4.69, 9.17) is 9.47 Å². The molecule has 360 valence electrons. The maximum absolute atomic E-state index is 10.7. The number of phenols is 2. The fraction of sp³-hybridized carbons (Fsp3) is 0.750. The lowest BCUT2D eigenvalue weighted by Gasteiger charge is -2.10. The van der Waals surface area contributed by atoms with Gasteiger partial charge in [0.1, 0.15) is 0 Å². The summed E-state index contributed by atoms with van der Waals surface area (Å²) in [6, 6.07) is 11.3. The quantitative estimate of drug-likeness (QED) is 0.0455. The molecule has 0 aromatic heterocycles. The molecule has 3 N–H and O–H groups in total. The Kier molecular flexibility index (Phi) is 38.2. The Labute approximate surface area is 388 Å². The van der Waals surface area contributed by atoms with Gasteiger partial charge in [-0.25, -0.2) is 0 Å². The first-order valence-corrected chi connectivity index (χ1v) is 26.8. The number of nitrogens with zero attached hydrogens (tertiary/aromatic N) is 2. The number of aromatic hydroxyl groups is 2. The molecule has 2 rings (SSSR count). The number of para-hydroxylation sites is 2. The summed E-state index contributed by atoms with van der Waals surface area (Å²) in [7, 11) is 0. The number of hydrogen-bond donors (Lipinski definition) is 3. The molecular formula is C56H97N3O4. The van der Waals surface area contributed by atoms with Crippen molar-refractivity contribution in [3.8, 4) is 23.0 Å². The van der Waals surface area contributed by atoms with Crippen molar-refractivity contribution in [2.75, 3.05) is 39.4 Å². The third-order valence-corrected chi connectivity index (χ3v) is 12.3. The average molecular weight is 876 g/mol. The van der Waals surface area contributed by atoms with Gasteiger partial charge in [0.15, 0.2) is 23.0 Å². The molecule has 0 aliphatic rings. The Morgan fingerprint density at radius 1 is 0.397 bits per heavy atom. The first-order valence-electron chi connectivity index (χ1n) is 26.8. The summed E-state index contributed by atoms with van der Waals surface area (Å²) in [6.07, 6.45) is 48.6. The maximum atomic E-state index is 10.7. The number of unbranched alkanes of at least 4 members (excludes halogenated alkanes) is 30. The van der Waals surface area contributed by atoms with E-state index in [1.807, 2.05) is 36.4 Å². The highest BCUT2D eigenvalue weighted by Gasteiger charge is 2.08. The van der Waals surface area contributed by atoms with Crippen LogP contribution in [-0.2, 0) is 0 Å². The summed E-state index contributed by atoms with van der Waals surface area (Å²) < 4.78 is 11.9. The Bertz CT molecular complexity index is 1260. The average Bonchev–Trinajstić information content (AvgIpc) is 3.29. The zero-order valence-electron chi connectivity index (χ0n) is 41.0. The maximum Gasteiger partial charge on any atom is 0.166 e. The van der Waals surface area contributed by atoms with Crippen LogP contribution in [0.1, 0.15) is 243 Å². The fourth-order valence-electron chi connectivity index (χ4n) is 8.23. The number of benzene rings is 2. The summed E-state index contributed by atoms with van der Waals surface area (Å²) >= 11 is 0. The predicted octanol–water partition coefficient (Wildman–Crippen LogP) is 16.3. The van der Waals surface area contributed by atoms with Gasteiger partial charge in [-0.1, -0.05) is 219 Å². The van der Waals surface area contributed by atoms with Gasteiger partial charge in [0, 0.05) is 36.6 Å². The number of nitrogens with one attached hydrogen (secondary N) is 1. The topological polar surface area (TPSA) is 95.7 Å². The number of phenolic OH excluding ortho intramolecular Hbond substituents is 2. The van der Waals surface area contributed by atoms with Crippen molar-refractivity contribution in [3.05, 3.63) is 47.5 Å². The molecule has 0 aliphatic carbocycles. The van der Waals surface area contributed by atoms with Crippen molar-refractivity contribution in [1.29, 1.82) is 0 Å². The lowest BCUT2D eigenvalue weighted by Crippen LogP contribution is -2.18. The Morgan fingerprint density at radius 2 is 0.683 bits per heavy atom. The van der Waals surface area contributed by atoms with Crippen molar-refractivity contribution in [1.82, 2.24) is 5.32 Å². The second kappa shape index (κ2) is 42.9. The normalized spacial score (nSPS) is 11.7. The van der Waals surface area contributed by atoms with E-state index >= 15 is 0 Å². The van der Waals surface area contributed by atoms with Gasteiger partial charge in [0.25, 0.3) is 0 Å². The van der Waals surface area contributed by atoms with Crippen LogP contribution in [0.2, 0.25) is 0 Å². The van der Waals surface area contributed by atoms with Crippen LogP contribution in [0.25, 0.3) is 0 Å². The Morgan fingerprint density at radius 3 is 0.984 bits per heavy atom. The molecule has 0 atom stereocenters. The molecule has 2 aromatic rings. The van der Waals surface area contributed by atoms with Crippen LogP contribution in [0.4, 0.5) is 0 Å². The van der Waals surface area contributed by atoms with E-state index in [2.05, 4.69) is 29.1 Å². The SMILES string of the molecule is CCCCCCCCCCCCCCCCCCOc1cccc(C=NCCCNCCCN=Cc2cccc(OCCCCCCCCCCCCCCCCCC)c2O)c1O. The van der Waals surface area contributed by atoms with E-state index in [9.17, 15) is 10.2 Å². The van der Waals surface area contributed by atoms with Gasteiger partial charge in [-0.15, -0.1) is 0 Å². The molecule has 7 heteroatoms. The van der Waals surface area contributed by atoms with Crippen molar-refractivity contribution in [3.63, 3.8) is 0 Å². The fourth-order valence-corrected chi connectivity index (χ4v) is 8.23. The largest absolute Gasteiger partial charge is 0.504 e. The number of aliphatic imine (C=N–C) groups is 2. The van der Waals surface area contributed by atoms with Crippen molar-refractivity contribution in [2.24, 2.45) is 9.98 Å². The van der Waals surface area contributed by atoms with Gasteiger partial charge in [-0.2, -0.15) is 0 Å². The third-order valence-electron chi connectivity index (χ3n) is 12.3. The van der Waals surface area contributed by atoms with Gasteiger partial charge in [0.05, 0.1) is 13.2 Å². The number of ether oxygens (including phenoxy) is 2. The monoisotopic (exact) mass is 876 g/mol. The van der Waals surface area contributed by atoms with Crippen molar-refractivity contribution >= 4 is 12.4 Å². The highest BCUT2D eigenvalue weighted by Crippen LogP contribution is 2.30. The van der Waals surface area contributed by atoms with Crippen LogP contribution in [-0.4, -0.2) is 62.0 Å². The van der Waals surface area contributed by atoms with Crippen molar-refractivity contribution < 1.29 is 19.7 Å². The van der Waals surface area contributed by atoms with Crippen molar-refractivity contribution in [2.45, 2.75) is 232 Å². The molecule has 0 fully saturated rings. The lowest BCUT2D eigenvalue weighted by atomic mass is 10.0. The third kappa shape index (κ3) is 32.3. The minimum Gasteiger partial charge on any atom is -0.504 e. The van der Waals surface area contributed by atoms with Crippen LogP contribution in [0.3, 0.4) is 0 Å². The molecule has 0 aliphatic heterocycles. The summed E-state index contributed by atoms with van der Waals surface area (Å²) in [4.78, 5) is 9.09. The molecule has 0 saturated carbocycles. The van der Waals surface area contributed by atoms with E-state index in [0.29, 0.717) is 48.9 Å². The van der Waals surface area contributed by atoms with Gasteiger partial charge in [-0.3, -0.25) is 9.98 Å². The minimum absolute atomic E-state index is 0.176. The summed E-state index contributed by atoms with van der Waals surface area (Å²) in [5.41, 5.74) is 1.40. The molecule has 7 nitrogen and oxygen atoms in total. The molecule has 0 heterocycles. The smallest absolute Gasteiger partial charge is 0.166 e. The standard InChI is InChI=1S/C56H97N3O4/c1-3-5-7-9-11-13-15-17-19-21-23-25-27-29-31-33-47-62-53-41-35-39-51(55(53)60)49-58-45-37-43-57-44-38-46-59-50-52-40-36-42-54(56(52)61)63-48-34-32-30-28-26-24-22-20-18-16-14-12-10-8-6-4-2/h35-36,39-42,49-50,57,60-61H,3-34,37-38,43-48H2,1-2H3. The first-order chi connectivity index (χ1) is 31.2. The molecular weight excluding hydrogens is 779 g/mol. The molecule has 0 spiro atoms.